The molecule has 1 atom stereocenters. The van der Waals surface area contributed by atoms with E-state index in [1.807, 2.05) is 54.6 Å². The van der Waals surface area contributed by atoms with Crippen LogP contribution in [0.4, 0.5) is 0 Å². The van der Waals surface area contributed by atoms with Crippen molar-refractivity contribution in [1.29, 1.82) is 0 Å². The molecule has 1 aliphatic heterocycles. The molecule has 130 valence electrons. The highest BCUT2D eigenvalue weighted by Crippen LogP contribution is 2.31. The van der Waals surface area contributed by atoms with Gasteiger partial charge in [0.1, 0.15) is 5.75 Å². The third kappa shape index (κ3) is 3.55. The minimum atomic E-state index is -0.153. The largest absolute Gasteiger partial charge is 0.493 e. The highest BCUT2D eigenvalue weighted by atomic mass is 35.5. The minimum Gasteiger partial charge on any atom is -0.493 e. The number of carbonyl (C=O) groups excluding carboxylic acids is 1. The average molecular weight is 365 g/mol. The third-order valence-corrected chi connectivity index (χ3v) is 4.59. The summed E-state index contributed by atoms with van der Waals surface area (Å²) in [5.41, 5.74) is 2.53. The summed E-state index contributed by atoms with van der Waals surface area (Å²) < 4.78 is 5.62. The van der Waals surface area contributed by atoms with E-state index in [1.165, 1.54) is 6.08 Å². The number of fused-ring (bicyclic) bond motifs is 2. The van der Waals surface area contributed by atoms with Crippen LogP contribution in [-0.4, -0.2) is 17.5 Å². The summed E-state index contributed by atoms with van der Waals surface area (Å²) in [4.78, 5) is 16.8. The molecule has 0 aliphatic carbocycles. The van der Waals surface area contributed by atoms with Crippen molar-refractivity contribution in [1.82, 2.24) is 10.3 Å². The number of nitrogens with one attached hydrogen (secondary N) is 1. The molecule has 26 heavy (non-hydrogen) atoms. The molecule has 1 amide bonds. The lowest BCUT2D eigenvalue weighted by molar-refractivity contribution is -0.117. The Bertz CT molecular complexity index is 1000. The van der Waals surface area contributed by atoms with Gasteiger partial charge >= 0.3 is 0 Å². The highest BCUT2D eigenvalue weighted by molar-refractivity contribution is 6.31. The number of hydrogen-bond donors (Lipinski definition) is 1. The van der Waals surface area contributed by atoms with Crippen LogP contribution >= 0.6 is 11.6 Å². The van der Waals surface area contributed by atoms with Gasteiger partial charge in [0.15, 0.2) is 0 Å². The van der Waals surface area contributed by atoms with Gasteiger partial charge in [-0.2, -0.15) is 0 Å². The number of ether oxygens (including phenoxy) is 1. The van der Waals surface area contributed by atoms with Crippen molar-refractivity contribution < 1.29 is 9.53 Å². The predicted molar refractivity (Wildman–Crippen MR) is 103 cm³/mol. The first-order valence-electron chi connectivity index (χ1n) is 8.46. The van der Waals surface area contributed by atoms with Crippen molar-refractivity contribution in [2.45, 2.75) is 12.5 Å². The molecule has 1 aromatic heterocycles. The third-order valence-electron chi connectivity index (χ3n) is 4.36. The lowest BCUT2D eigenvalue weighted by Crippen LogP contribution is -2.30. The van der Waals surface area contributed by atoms with Gasteiger partial charge in [-0.3, -0.25) is 4.79 Å². The van der Waals surface area contributed by atoms with Gasteiger partial charge < -0.3 is 10.1 Å². The molecule has 0 radical (unpaired) electrons. The van der Waals surface area contributed by atoms with Crippen molar-refractivity contribution in [3.63, 3.8) is 0 Å². The lowest BCUT2D eigenvalue weighted by atomic mass is 10.0. The van der Waals surface area contributed by atoms with Crippen molar-refractivity contribution in [2.75, 3.05) is 6.61 Å². The van der Waals surface area contributed by atoms with Crippen LogP contribution in [0.25, 0.3) is 17.0 Å². The second-order valence-corrected chi connectivity index (χ2v) is 6.58. The summed E-state index contributed by atoms with van der Waals surface area (Å²) in [6.07, 6.45) is 3.97. The van der Waals surface area contributed by atoms with Crippen LogP contribution in [0.5, 0.6) is 5.75 Å². The number of para-hydroxylation sites is 1. The Balaban J connectivity index is 1.48. The van der Waals surface area contributed by atoms with Crippen LogP contribution in [0.1, 0.15) is 23.7 Å². The van der Waals surface area contributed by atoms with Crippen LogP contribution < -0.4 is 10.1 Å². The zero-order chi connectivity index (χ0) is 17.9. The van der Waals surface area contributed by atoms with E-state index in [-0.39, 0.29) is 11.9 Å². The van der Waals surface area contributed by atoms with Crippen molar-refractivity contribution in [3.8, 4) is 5.75 Å². The first-order valence-corrected chi connectivity index (χ1v) is 8.83. The van der Waals surface area contributed by atoms with Crippen LogP contribution in [0, 0.1) is 0 Å². The monoisotopic (exact) mass is 364 g/mol. The maximum Gasteiger partial charge on any atom is 0.244 e. The van der Waals surface area contributed by atoms with E-state index in [4.69, 9.17) is 16.3 Å². The minimum absolute atomic E-state index is 0.0412. The Morgan fingerprint density at radius 2 is 2.04 bits per heavy atom. The van der Waals surface area contributed by atoms with E-state index in [0.29, 0.717) is 17.3 Å². The van der Waals surface area contributed by atoms with Crippen LogP contribution in [0.2, 0.25) is 5.02 Å². The summed E-state index contributed by atoms with van der Waals surface area (Å²) in [6.45, 7) is 0.596. The van der Waals surface area contributed by atoms with Crippen molar-refractivity contribution in [2.24, 2.45) is 0 Å². The molecule has 3 aromatic rings. The molecule has 1 N–H and O–H groups in total. The second kappa shape index (κ2) is 7.18. The van der Waals surface area contributed by atoms with Crippen LogP contribution in [-0.2, 0) is 4.79 Å². The van der Waals surface area contributed by atoms with Gasteiger partial charge in [-0.25, -0.2) is 4.98 Å². The Hall–Kier alpha value is -2.85. The maximum atomic E-state index is 12.3. The highest BCUT2D eigenvalue weighted by Gasteiger charge is 2.21. The first kappa shape index (κ1) is 16.6. The number of rotatable bonds is 3. The zero-order valence-corrected chi connectivity index (χ0v) is 14.7. The standard InChI is InChI=1S/C21H17ClN2O2/c22-15-7-5-14-6-8-16(23-19(14)13-15)9-10-21(25)24-18-11-12-26-20-4-2-1-3-17(18)20/h1-10,13,18H,11-12H2,(H,24,25)/b10-9+/t18-/m1/s1. The smallest absolute Gasteiger partial charge is 0.244 e. The molecule has 0 bridgehead atoms. The molecule has 4 nitrogen and oxygen atoms in total. The van der Waals surface area contributed by atoms with Crippen molar-refractivity contribution in [3.05, 3.63) is 77.0 Å². The van der Waals surface area contributed by atoms with Gasteiger partial charge in [-0.15, -0.1) is 0 Å². The fraction of sp³-hybridized carbons (Fsp3) is 0.143. The summed E-state index contributed by atoms with van der Waals surface area (Å²) in [5.74, 6) is 0.681. The van der Waals surface area contributed by atoms with E-state index < -0.39 is 0 Å². The molecule has 0 unspecified atom stereocenters. The van der Waals surface area contributed by atoms with E-state index >= 15 is 0 Å². The van der Waals surface area contributed by atoms with Gasteiger partial charge in [-0.05, 0) is 30.3 Å². The summed E-state index contributed by atoms with van der Waals surface area (Å²) in [5, 5.41) is 4.69. The molecule has 2 heterocycles. The molecule has 0 fully saturated rings. The molecular formula is C21H17ClN2O2. The lowest BCUT2D eigenvalue weighted by Gasteiger charge is -2.26. The molecule has 2 aromatic carbocycles. The first-order chi connectivity index (χ1) is 12.7. The number of amides is 1. The number of halogens is 1. The topological polar surface area (TPSA) is 51.2 Å². The number of hydrogen-bond acceptors (Lipinski definition) is 3. The number of pyridine rings is 1. The second-order valence-electron chi connectivity index (χ2n) is 6.14. The summed E-state index contributed by atoms with van der Waals surface area (Å²) in [7, 11) is 0. The number of benzene rings is 2. The molecule has 4 rings (SSSR count). The van der Waals surface area contributed by atoms with Crippen molar-refractivity contribution >= 4 is 34.5 Å². The molecular weight excluding hydrogens is 348 g/mol. The molecule has 5 heteroatoms. The quantitative estimate of drug-likeness (QED) is 0.694. The van der Waals surface area contributed by atoms with Gasteiger partial charge in [0.05, 0.1) is 23.9 Å². The van der Waals surface area contributed by atoms with Crippen LogP contribution in [0.3, 0.4) is 0 Å². The Kier molecular flexibility index (Phi) is 4.59. The number of aromatic nitrogens is 1. The van der Waals surface area contributed by atoms with E-state index in [1.54, 1.807) is 6.08 Å². The average Bonchev–Trinajstić information content (AvgIpc) is 2.66. The molecule has 1 aliphatic rings. The fourth-order valence-electron chi connectivity index (χ4n) is 3.07. The van der Waals surface area contributed by atoms with Gasteiger partial charge in [0, 0.05) is 28.5 Å². The molecule has 0 saturated carbocycles. The van der Waals surface area contributed by atoms with Gasteiger partial charge in [0.25, 0.3) is 0 Å². The summed E-state index contributed by atoms with van der Waals surface area (Å²) >= 11 is 6.02. The Morgan fingerprint density at radius 1 is 1.19 bits per heavy atom. The fourth-order valence-corrected chi connectivity index (χ4v) is 3.24. The predicted octanol–water partition coefficient (Wildman–Crippen LogP) is 4.54. The van der Waals surface area contributed by atoms with E-state index in [9.17, 15) is 4.79 Å². The SMILES string of the molecule is O=C(/C=C/c1ccc2ccc(Cl)cc2n1)N[C@@H]1CCOc2ccccc21. The summed E-state index contributed by atoms with van der Waals surface area (Å²) in [6, 6.07) is 17.2. The number of carbonyl (C=O) groups is 1. The Labute approximate surface area is 156 Å². The molecule has 0 saturated heterocycles. The maximum absolute atomic E-state index is 12.3. The van der Waals surface area contributed by atoms with Crippen LogP contribution in [0.15, 0.2) is 60.7 Å². The van der Waals surface area contributed by atoms with Gasteiger partial charge in [-0.1, -0.05) is 41.9 Å². The van der Waals surface area contributed by atoms with Gasteiger partial charge in [0.2, 0.25) is 5.91 Å². The zero-order valence-electron chi connectivity index (χ0n) is 14.0. The number of nitrogens with zero attached hydrogens (tertiary/aromatic N) is 1. The van der Waals surface area contributed by atoms with E-state index in [0.717, 1.165) is 28.6 Å². The normalized spacial score (nSPS) is 16.3. The molecule has 0 spiro atoms. The van der Waals surface area contributed by atoms with E-state index in [2.05, 4.69) is 10.3 Å². The Morgan fingerprint density at radius 3 is 2.96 bits per heavy atom.